The number of methoxy groups -OCH3 is 1. The Morgan fingerprint density at radius 3 is 2.78 bits per heavy atom. The normalized spacial score (nSPS) is 10.7. The Balaban J connectivity index is 0.00000289. The second kappa shape index (κ2) is 9.99. The smallest absolute Gasteiger partial charge is 0.188 e. The van der Waals surface area contributed by atoms with E-state index in [0.29, 0.717) is 12.5 Å². The Labute approximate surface area is 126 Å². The molecule has 0 radical (unpaired) electrons. The van der Waals surface area contributed by atoms with Crippen LogP contribution in [0.4, 0.5) is 0 Å². The van der Waals surface area contributed by atoms with Gasteiger partial charge in [-0.3, -0.25) is 0 Å². The van der Waals surface area contributed by atoms with Crippen molar-refractivity contribution in [3.63, 3.8) is 0 Å². The molecular weight excluding hydrogens is 341 g/mol. The number of halogens is 1. The topological polar surface area (TPSA) is 59.6 Å². The number of ether oxygens (including phenoxy) is 1. The molecule has 0 aromatic heterocycles. The Kier molecular flexibility index (Phi) is 9.45. The summed E-state index contributed by atoms with van der Waals surface area (Å²) in [4.78, 5) is 4.28. The Bertz CT molecular complexity index is 369. The molecular formula is C13H22IN3O. The summed E-state index contributed by atoms with van der Waals surface area (Å²) in [5, 5.41) is 3.08. The van der Waals surface area contributed by atoms with E-state index in [1.165, 1.54) is 0 Å². The highest BCUT2D eigenvalue weighted by molar-refractivity contribution is 14.0. The van der Waals surface area contributed by atoms with Crippen molar-refractivity contribution in [1.29, 1.82) is 0 Å². The van der Waals surface area contributed by atoms with Gasteiger partial charge >= 0.3 is 0 Å². The van der Waals surface area contributed by atoms with Gasteiger partial charge < -0.3 is 15.8 Å². The van der Waals surface area contributed by atoms with Crippen molar-refractivity contribution >= 4 is 29.9 Å². The van der Waals surface area contributed by atoms with Crippen LogP contribution in [0, 0.1) is 0 Å². The van der Waals surface area contributed by atoms with Crippen LogP contribution in [-0.2, 0) is 6.54 Å². The van der Waals surface area contributed by atoms with Gasteiger partial charge in [0, 0.05) is 12.1 Å². The molecule has 1 aromatic carbocycles. The zero-order chi connectivity index (χ0) is 12.5. The largest absolute Gasteiger partial charge is 0.496 e. The number of unbranched alkanes of at least 4 members (excludes halogenated alkanes) is 1. The number of para-hydroxylation sites is 1. The second-order valence-corrected chi connectivity index (χ2v) is 3.79. The van der Waals surface area contributed by atoms with E-state index in [1.807, 2.05) is 24.3 Å². The number of aliphatic imine (C=N–C) groups is 1. The summed E-state index contributed by atoms with van der Waals surface area (Å²) in [5.74, 6) is 1.34. The van der Waals surface area contributed by atoms with Gasteiger partial charge in [0.1, 0.15) is 5.75 Å². The fourth-order valence-corrected chi connectivity index (χ4v) is 1.45. The predicted octanol–water partition coefficient (Wildman–Crippen LogP) is 2.52. The first-order valence-corrected chi connectivity index (χ1v) is 5.93. The number of benzene rings is 1. The number of guanidine groups is 1. The van der Waals surface area contributed by atoms with Crippen LogP contribution in [0.25, 0.3) is 0 Å². The molecule has 1 aromatic rings. The number of rotatable bonds is 6. The Morgan fingerprint density at radius 2 is 2.11 bits per heavy atom. The van der Waals surface area contributed by atoms with Gasteiger partial charge in [-0.1, -0.05) is 31.5 Å². The predicted molar refractivity (Wildman–Crippen MR) is 86.6 cm³/mol. The van der Waals surface area contributed by atoms with Crippen molar-refractivity contribution in [2.45, 2.75) is 26.3 Å². The van der Waals surface area contributed by atoms with E-state index >= 15 is 0 Å². The van der Waals surface area contributed by atoms with E-state index in [0.717, 1.165) is 30.7 Å². The number of nitrogens with two attached hydrogens (primary N) is 1. The lowest BCUT2D eigenvalue weighted by molar-refractivity contribution is 0.410. The lowest BCUT2D eigenvalue weighted by Crippen LogP contribution is -2.32. The fourth-order valence-electron chi connectivity index (χ4n) is 1.45. The Hall–Kier alpha value is -0.980. The molecule has 5 heteroatoms. The average molecular weight is 363 g/mol. The molecule has 0 fully saturated rings. The minimum atomic E-state index is 0. The molecule has 4 nitrogen and oxygen atoms in total. The molecule has 0 amide bonds. The van der Waals surface area contributed by atoms with Gasteiger partial charge in [0.15, 0.2) is 5.96 Å². The van der Waals surface area contributed by atoms with Crippen LogP contribution in [0.3, 0.4) is 0 Å². The highest BCUT2D eigenvalue weighted by Gasteiger charge is 2.00. The highest BCUT2D eigenvalue weighted by atomic mass is 127. The van der Waals surface area contributed by atoms with Gasteiger partial charge in [-0.25, -0.2) is 4.99 Å². The fraction of sp³-hybridized carbons (Fsp3) is 0.462. The van der Waals surface area contributed by atoms with Gasteiger partial charge in [-0.2, -0.15) is 0 Å². The van der Waals surface area contributed by atoms with E-state index in [-0.39, 0.29) is 24.0 Å². The molecule has 0 aliphatic heterocycles. The molecule has 0 unspecified atom stereocenters. The van der Waals surface area contributed by atoms with Crippen LogP contribution < -0.4 is 15.8 Å². The van der Waals surface area contributed by atoms with Gasteiger partial charge in [0.05, 0.1) is 13.7 Å². The van der Waals surface area contributed by atoms with Crippen molar-refractivity contribution in [1.82, 2.24) is 5.32 Å². The van der Waals surface area contributed by atoms with Gasteiger partial charge in [0.2, 0.25) is 0 Å². The van der Waals surface area contributed by atoms with E-state index in [4.69, 9.17) is 10.5 Å². The summed E-state index contributed by atoms with van der Waals surface area (Å²) in [6.07, 6.45) is 2.25. The maximum atomic E-state index is 5.75. The highest BCUT2D eigenvalue weighted by Crippen LogP contribution is 2.17. The van der Waals surface area contributed by atoms with Crippen molar-refractivity contribution in [2.24, 2.45) is 10.7 Å². The first kappa shape index (κ1) is 17.0. The maximum absolute atomic E-state index is 5.75. The average Bonchev–Trinajstić information content (AvgIpc) is 2.37. The lowest BCUT2D eigenvalue weighted by atomic mass is 10.2. The minimum absolute atomic E-state index is 0. The van der Waals surface area contributed by atoms with Crippen molar-refractivity contribution < 1.29 is 4.74 Å². The maximum Gasteiger partial charge on any atom is 0.188 e. The molecule has 0 atom stereocenters. The zero-order valence-corrected chi connectivity index (χ0v) is 13.3. The van der Waals surface area contributed by atoms with Crippen LogP contribution >= 0.6 is 24.0 Å². The van der Waals surface area contributed by atoms with Crippen LogP contribution in [0.5, 0.6) is 5.75 Å². The monoisotopic (exact) mass is 363 g/mol. The van der Waals surface area contributed by atoms with Crippen molar-refractivity contribution in [2.75, 3.05) is 13.7 Å². The quantitative estimate of drug-likeness (QED) is 0.353. The standard InChI is InChI=1S/C13H21N3O.HI/c1-3-4-9-15-13(14)16-10-11-7-5-6-8-12(11)17-2;/h5-8H,3-4,9-10H2,1-2H3,(H3,14,15,16);1H. The summed E-state index contributed by atoms with van der Waals surface area (Å²) in [7, 11) is 1.66. The Morgan fingerprint density at radius 1 is 1.39 bits per heavy atom. The number of nitrogens with zero attached hydrogens (tertiary/aromatic N) is 1. The molecule has 3 N–H and O–H groups in total. The summed E-state index contributed by atoms with van der Waals surface area (Å²) in [6, 6.07) is 7.82. The third-order valence-electron chi connectivity index (χ3n) is 2.45. The molecule has 0 saturated heterocycles. The molecule has 0 aliphatic carbocycles. The first-order valence-electron chi connectivity index (χ1n) is 5.93. The summed E-state index contributed by atoms with van der Waals surface area (Å²) in [5.41, 5.74) is 6.79. The van der Waals surface area contributed by atoms with Gasteiger partial charge in [-0.15, -0.1) is 24.0 Å². The third kappa shape index (κ3) is 6.09. The van der Waals surface area contributed by atoms with E-state index in [1.54, 1.807) is 7.11 Å². The molecule has 18 heavy (non-hydrogen) atoms. The minimum Gasteiger partial charge on any atom is -0.496 e. The van der Waals surface area contributed by atoms with Crippen LogP contribution in [0.15, 0.2) is 29.3 Å². The summed E-state index contributed by atoms with van der Waals surface area (Å²) in [6.45, 7) is 3.55. The zero-order valence-electron chi connectivity index (χ0n) is 11.0. The van der Waals surface area contributed by atoms with Crippen molar-refractivity contribution in [3.05, 3.63) is 29.8 Å². The SMILES string of the molecule is CCCCNC(N)=NCc1ccccc1OC.I. The lowest BCUT2D eigenvalue weighted by Gasteiger charge is -2.07. The van der Waals surface area contributed by atoms with Crippen LogP contribution in [-0.4, -0.2) is 19.6 Å². The molecule has 0 heterocycles. The van der Waals surface area contributed by atoms with E-state index < -0.39 is 0 Å². The molecule has 0 aliphatic rings. The van der Waals surface area contributed by atoms with Crippen LogP contribution in [0.1, 0.15) is 25.3 Å². The van der Waals surface area contributed by atoms with Crippen molar-refractivity contribution in [3.8, 4) is 5.75 Å². The third-order valence-corrected chi connectivity index (χ3v) is 2.45. The first-order chi connectivity index (χ1) is 8.27. The summed E-state index contributed by atoms with van der Waals surface area (Å²) < 4.78 is 5.25. The van der Waals surface area contributed by atoms with E-state index in [2.05, 4.69) is 17.2 Å². The molecule has 0 bridgehead atoms. The molecule has 0 spiro atoms. The van der Waals surface area contributed by atoms with E-state index in [9.17, 15) is 0 Å². The van der Waals surface area contributed by atoms with Gasteiger partial charge in [0.25, 0.3) is 0 Å². The molecule has 0 saturated carbocycles. The van der Waals surface area contributed by atoms with Crippen LogP contribution in [0.2, 0.25) is 0 Å². The molecule has 1 rings (SSSR count). The summed E-state index contributed by atoms with van der Waals surface area (Å²) >= 11 is 0. The number of hydrogen-bond donors (Lipinski definition) is 2. The molecule has 102 valence electrons. The van der Waals surface area contributed by atoms with Gasteiger partial charge in [-0.05, 0) is 12.5 Å². The number of nitrogens with one attached hydrogen (secondary N) is 1. The second-order valence-electron chi connectivity index (χ2n) is 3.79. The number of hydrogen-bond acceptors (Lipinski definition) is 2.